The number of amides is 1. The first-order valence-electron chi connectivity index (χ1n) is 7.80. The molecule has 0 spiro atoms. The molecule has 118 valence electrons. The lowest BCUT2D eigenvalue weighted by Gasteiger charge is -2.22. The van der Waals surface area contributed by atoms with Crippen LogP contribution in [0.5, 0.6) is 0 Å². The monoisotopic (exact) mass is 291 g/mol. The van der Waals surface area contributed by atoms with Crippen LogP contribution in [0.15, 0.2) is 18.2 Å². The second-order valence-electron chi connectivity index (χ2n) is 6.01. The maximum Gasteiger partial charge on any atom is 0.224 e. The van der Waals surface area contributed by atoms with Crippen molar-refractivity contribution in [3.63, 3.8) is 0 Å². The second-order valence-corrected chi connectivity index (χ2v) is 6.01. The van der Waals surface area contributed by atoms with Gasteiger partial charge in [0.2, 0.25) is 5.91 Å². The summed E-state index contributed by atoms with van der Waals surface area (Å²) in [5, 5.41) is 2.96. The molecule has 1 aromatic rings. The van der Waals surface area contributed by atoms with Crippen LogP contribution in [-0.4, -0.2) is 30.4 Å². The molecule has 0 aliphatic rings. The summed E-state index contributed by atoms with van der Waals surface area (Å²) in [6.45, 7) is 11.7. The van der Waals surface area contributed by atoms with Crippen LogP contribution < -0.4 is 11.1 Å². The fourth-order valence-corrected chi connectivity index (χ4v) is 2.40. The van der Waals surface area contributed by atoms with Gasteiger partial charge < -0.3 is 16.0 Å². The molecule has 0 aliphatic carbocycles. The number of hydrogen-bond donors (Lipinski definition) is 2. The van der Waals surface area contributed by atoms with E-state index in [-0.39, 0.29) is 5.91 Å². The van der Waals surface area contributed by atoms with Gasteiger partial charge in [-0.05, 0) is 56.1 Å². The van der Waals surface area contributed by atoms with Crippen molar-refractivity contribution in [3.8, 4) is 0 Å². The zero-order valence-electron chi connectivity index (χ0n) is 13.8. The van der Waals surface area contributed by atoms with Crippen molar-refractivity contribution in [1.82, 2.24) is 4.90 Å². The average Bonchev–Trinajstić information content (AvgIpc) is 2.40. The van der Waals surface area contributed by atoms with Gasteiger partial charge in [0.25, 0.3) is 0 Å². The Hall–Kier alpha value is -1.55. The zero-order chi connectivity index (χ0) is 15.8. The fraction of sp³-hybridized carbons (Fsp3) is 0.588. The molecule has 0 radical (unpaired) electrons. The molecule has 4 heteroatoms. The summed E-state index contributed by atoms with van der Waals surface area (Å²) in [6, 6.07) is 5.54. The van der Waals surface area contributed by atoms with Crippen molar-refractivity contribution in [3.05, 3.63) is 23.8 Å². The summed E-state index contributed by atoms with van der Waals surface area (Å²) in [5.41, 5.74) is 8.28. The molecule has 3 N–H and O–H groups in total. The number of nitrogens with zero attached hydrogens (tertiary/aromatic N) is 1. The van der Waals surface area contributed by atoms with E-state index in [9.17, 15) is 4.79 Å². The van der Waals surface area contributed by atoms with Crippen LogP contribution in [0.2, 0.25) is 0 Å². The Morgan fingerprint density at radius 1 is 1.38 bits per heavy atom. The van der Waals surface area contributed by atoms with Gasteiger partial charge in [-0.1, -0.05) is 20.8 Å². The predicted octanol–water partition coefficient (Wildman–Crippen LogP) is 3.27. The Labute approximate surface area is 128 Å². The molecule has 0 bridgehead atoms. The number of rotatable bonds is 8. The topological polar surface area (TPSA) is 58.4 Å². The molecule has 0 saturated heterocycles. The quantitative estimate of drug-likeness (QED) is 0.723. The molecule has 0 unspecified atom stereocenters. The van der Waals surface area contributed by atoms with Gasteiger partial charge in [0.05, 0.1) is 0 Å². The summed E-state index contributed by atoms with van der Waals surface area (Å²) < 4.78 is 0. The van der Waals surface area contributed by atoms with E-state index in [4.69, 9.17) is 5.73 Å². The molecule has 4 nitrogen and oxygen atoms in total. The standard InChI is InChI=1S/C17H29N3O/c1-5-20(12-13(2)3)10-6-7-17(21)19-16-9-8-15(18)11-14(16)4/h8-9,11,13H,5-7,10,12,18H2,1-4H3,(H,19,21). The molecule has 1 amide bonds. The number of carbonyl (C=O) groups is 1. The molecule has 0 heterocycles. The first kappa shape index (κ1) is 17.5. The summed E-state index contributed by atoms with van der Waals surface area (Å²) >= 11 is 0. The van der Waals surface area contributed by atoms with E-state index in [1.807, 2.05) is 25.1 Å². The van der Waals surface area contributed by atoms with Gasteiger partial charge in [-0.15, -0.1) is 0 Å². The highest BCUT2D eigenvalue weighted by Crippen LogP contribution is 2.17. The number of hydrogen-bond acceptors (Lipinski definition) is 3. The molecule has 1 aromatic carbocycles. The van der Waals surface area contributed by atoms with E-state index in [1.165, 1.54) is 0 Å². The lowest BCUT2D eigenvalue weighted by atomic mass is 10.1. The van der Waals surface area contributed by atoms with E-state index in [2.05, 4.69) is 31.0 Å². The molecule has 0 fully saturated rings. The largest absolute Gasteiger partial charge is 0.399 e. The third-order valence-electron chi connectivity index (χ3n) is 3.47. The van der Waals surface area contributed by atoms with Crippen LogP contribution in [-0.2, 0) is 4.79 Å². The van der Waals surface area contributed by atoms with Gasteiger partial charge in [0.1, 0.15) is 0 Å². The third kappa shape index (κ3) is 6.63. The smallest absolute Gasteiger partial charge is 0.224 e. The molecule has 21 heavy (non-hydrogen) atoms. The first-order chi connectivity index (χ1) is 9.92. The third-order valence-corrected chi connectivity index (χ3v) is 3.47. The number of nitrogens with one attached hydrogen (secondary N) is 1. The van der Waals surface area contributed by atoms with E-state index >= 15 is 0 Å². The van der Waals surface area contributed by atoms with Crippen LogP contribution >= 0.6 is 0 Å². The van der Waals surface area contributed by atoms with Gasteiger partial charge in [-0.25, -0.2) is 0 Å². The van der Waals surface area contributed by atoms with E-state index in [0.29, 0.717) is 12.3 Å². The predicted molar refractivity (Wildman–Crippen MR) is 90.4 cm³/mol. The molecule has 0 aromatic heterocycles. The minimum atomic E-state index is 0.0727. The average molecular weight is 291 g/mol. The molecule has 1 rings (SSSR count). The van der Waals surface area contributed by atoms with Crippen LogP contribution in [0.4, 0.5) is 11.4 Å². The van der Waals surface area contributed by atoms with Crippen LogP contribution in [0, 0.1) is 12.8 Å². The van der Waals surface area contributed by atoms with Crippen molar-refractivity contribution < 1.29 is 4.79 Å². The Morgan fingerprint density at radius 3 is 2.67 bits per heavy atom. The minimum Gasteiger partial charge on any atom is -0.399 e. The Morgan fingerprint density at radius 2 is 2.10 bits per heavy atom. The number of aryl methyl sites for hydroxylation is 1. The number of anilines is 2. The molecular weight excluding hydrogens is 262 g/mol. The zero-order valence-corrected chi connectivity index (χ0v) is 13.8. The summed E-state index contributed by atoms with van der Waals surface area (Å²) in [7, 11) is 0. The number of nitrogen functional groups attached to an aromatic ring is 1. The van der Waals surface area contributed by atoms with Crippen LogP contribution in [0.3, 0.4) is 0 Å². The molecule has 0 saturated carbocycles. The fourth-order valence-electron chi connectivity index (χ4n) is 2.40. The van der Waals surface area contributed by atoms with Crippen LogP contribution in [0.1, 0.15) is 39.2 Å². The molecular formula is C17H29N3O. The van der Waals surface area contributed by atoms with Crippen molar-refractivity contribution >= 4 is 17.3 Å². The lowest BCUT2D eigenvalue weighted by Crippen LogP contribution is -2.29. The Balaban J connectivity index is 2.37. The normalized spacial score (nSPS) is 11.1. The Kier molecular flexibility index (Phi) is 7.23. The van der Waals surface area contributed by atoms with Gasteiger partial charge in [0.15, 0.2) is 0 Å². The highest BCUT2D eigenvalue weighted by molar-refractivity contribution is 5.91. The van der Waals surface area contributed by atoms with Gasteiger partial charge in [-0.3, -0.25) is 4.79 Å². The van der Waals surface area contributed by atoms with Gasteiger partial charge in [-0.2, -0.15) is 0 Å². The minimum absolute atomic E-state index is 0.0727. The number of nitrogens with two attached hydrogens (primary N) is 1. The highest BCUT2D eigenvalue weighted by Gasteiger charge is 2.08. The SMILES string of the molecule is CCN(CCCC(=O)Nc1ccc(N)cc1C)CC(C)C. The summed E-state index contributed by atoms with van der Waals surface area (Å²) in [6.07, 6.45) is 1.44. The van der Waals surface area contributed by atoms with Crippen molar-refractivity contribution in [1.29, 1.82) is 0 Å². The first-order valence-corrected chi connectivity index (χ1v) is 7.80. The number of carbonyl (C=O) groups excluding carboxylic acids is 1. The van der Waals surface area contributed by atoms with E-state index in [0.717, 1.165) is 43.0 Å². The van der Waals surface area contributed by atoms with Crippen molar-refractivity contribution in [2.75, 3.05) is 30.7 Å². The maximum atomic E-state index is 12.0. The van der Waals surface area contributed by atoms with Gasteiger partial charge in [0, 0.05) is 24.3 Å². The lowest BCUT2D eigenvalue weighted by molar-refractivity contribution is -0.116. The van der Waals surface area contributed by atoms with Crippen molar-refractivity contribution in [2.45, 2.75) is 40.5 Å². The molecule has 0 atom stereocenters. The van der Waals surface area contributed by atoms with Gasteiger partial charge >= 0.3 is 0 Å². The Bertz CT molecular complexity index is 457. The highest BCUT2D eigenvalue weighted by atomic mass is 16.1. The number of benzene rings is 1. The van der Waals surface area contributed by atoms with E-state index in [1.54, 1.807) is 0 Å². The van der Waals surface area contributed by atoms with E-state index < -0.39 is 0 Å². The van der Waals surface area contributed by atoms with Crippen molar-refractivity contribution in [2.24, 2.45) is 5.92 Å². The maximum absolute atomic E-state index is 12.0. The summed E-state index contributed by atoms with van der Waals surface area (Å²) in [4.78, 5) is 14.4. The summed E-state index contributed by atoms with van der Waals surface area (Å²) in [5.74, 6) is 0.736. The second kappa shape index (κ2) is 8.67. The molecule has 0 aliphatic heterocycles. The van der Waals surface area contributed by atoms with Crippen LogP contribution in [0.25, 0.3) is 0 Å².